The van der Waals surface area contributed by atoms with Gasteiger partial charge in [0.1, 0.15) is 0 Å². The first kappa shape index (κ1) is 11.1. The Balaban J connectivity index is 1.93. The number of aliphatic hydroxyl groups excluding tert-OH is 1. The molecule has 3 heteroatoms. The molecular weight excluding hydrogens is 206 g/mol. The number of hydrogen-bond acceptors (Lipinski definition) is 3. The molecule has 15 heavy (non-hydrogen) atoms. The van der Waals surface area contributed by atoms with Crippen molar-refractivity contribution in [1.29, 1.82) is 0 Å². The third kappa shape index (κ3) is 3.03. The Morgan fingerprint density at radius 2 is 2.20 bits per heavy atom. The Hall–Kier alpha value is -0.380. The average molecular weight is 225 g/mol. The highest BCUT2D eigenvalue weighted by atomic mass is 32.1. The van der Waals surface area contributed by atoms with Gasteiger partial charge in [-0.25, -0.2) is 0 Å². The number of rotatable bonds is 5. The standard InChI is InChI=1S/C12H19NOS/c14-8-7-13(11-4-1-2-5-11)10-12-6-3-9-15-12/h3,6,9,11,14H,1-2,4-5,7-8,10H2. The fraction of sp³-hybridized carbons (Fsp3) is 0.667. The largest absolute Gasteiger partial charge is 0.395 e. The highest BCUT2D eigenvalue weighted by Gasteiger charge is 2.22. The van der Waals surface area contributed by atoms with Gasteiger partial charge in [0.05, 0.1) is 6.61 Å². The number of nitrogens with zero attached hydrogens (tertiary/aromatic N) is 1. The lowest BCUT2D eigenvalue weighted by Gasteiger charge is -2.27. The minimum absolute atomic E-state index is 0.280. The van der Waals surface area contributed by atoms with Gasteiger partial charge in [-0.1, -0.05) is 18.9 Å². The van der Waals surface area contributed by atoms with Crippen LogP contribution in [-0.2, 0) is 6.54 Å². The quantitative estimate of drug-likeness (QED) is 0.832. The molecule has 1 saturated carbocycles. The van der Waals surface area contributed by atoms with Crippen LogP contribution in [0, 0.1) is 0 Å². The van der Waals surface area contributed by atoms with E-state index in [-0.39, 0.29) is 6.61 Å². The Bertz CT molecular complexity index is 267. The van der Waals surface area contributed by atoms with Gasteiger partial charge >= 0.3 is 0 Å². The van der Waals surface area contributed by atoms with Gasteiger partial charge in [0.25, 0.3) is 0 Å². The molecule has 0 atom stereocenters. The van der Waals surface area contributed by atoms with Gasteiger partial charge in [0.15, 0.2) is 0 Å². The molecule has 0 amide bonds. The molecule has 2 rings (SSSR count). The maximum absolute atomic E-state index is 9.09. The molecular formula is C12H19NOS. The van der Waals surface area contributed by atoms with Crippen LogP contribution in [0.15, 0.2) is 17.5 Å². The van der Waals surface area contributed by atoms with Gasteiger partial charge in [0.2, 0.25) is 0 Å². The zero-order chi connectivity index (χ0) is 10.5. The molecule has 84 valence electrons. The van der Waals surface area contributed by atoms with Gasteiger partial charge < -0.3 is 5.11 Å². The summed E-state index contributed by atoms with van der Waals surface area (Å²) in [5.74, 6) is 0. The Morgan fingerprint density at radius 1 is 1.40 bits per heavy atom. The Labute approximate surface area is 95.5 Å². The molecule has 1 aromatic heterocycles. The average Bonchev–Trinajstić information content (AvgIpc) is 2.89. The van der Waals surface area contributed by atoms with Crippen molar-refractivity contribution in [3.05, 3.63) is 22.4 Å². The molecule has 0 saturated heterocycles. The summed E-state index contributed by atoms with van der Waals surface area (Å²) in [6.45, 7) is 2.12. The zero-order valence-electron chi connectivity index (χ0n) is 9.06. The van der Waals surface area contributed by atoms with Crippen molar-refractivity contribution in [2.75, 3.05) is 13.2 Å². The minimum Gasteiger partial charge on any atom is -0.395 e. The van der Waals surface area contributed by atoms with Crippen LogP contribution in [0.2, 0.25) is 0 Å². The molecule has 0 bridgehead atoms. The number of hydrogen-bond donors (Lipinski definition) is 1. The summed E-state index contributed by atoms with van der Waals surface area (Å²) in [6.07, 6.45) is 5.34. The molecule has 0 radical (unpaired) electrons. The molecule has 0 unspecified atom stereocenters. The van der Waals surface area contributed by atoms with E-state index in [0.29, 0.717) is 6.04 Å². The van der Waals surface area contributed by atoms with E-state index >= 15 is 0 Å². The fourth-order valence-corrected chi connectivity index (χ4v) is 3.12. The summed E-state index contributed by atoms with van der Waals surface area (Å²) in [4.78, 5) is 3.86. The van der Waals surface area contributed by atoms with Crippen LogP contribution in [0.4, 0.5) is 0 Å². The molecule has 2 nitrogen and oxygen atoms in total. The van der Waals surface area contributed by atoms with Crippen molar-refractivity contribution in [2.24, 2.45) is 0 Å². The van der Waals surface area contributed by atoms with Gasteiger partial charge in [-0.2, -0.15) is 0 Å². The molecule has 1 aliphatic carbocycles. The van der Waals surface area contributed by atoms with Crippen molar-refractivity contribution in [3.8, 4) is 0 Å². The lowest BCUT2D eigenvalue weighted by molar-refractivity contribution is 0.146. The van der Waals surface area contributed by atoms with Gasteiger partial charge in [-0.3, -0.25) is 4.90 Å². The lowest BCUT2D eigenvalue weighted by atomic mass is 10.2. The second-order valence-electron chi connectivity index (χ2n) is 4.21. The van der Waals surface area contributed by atoms with Crippen LogP contribution in [0.1, 0.15) is 30.6 Å². The third-order valence-corrected chi connectivity index (χ3v) is 4.03. The van der Waals surface area contributed by atoms with Gasteiger partial charge in [-0.05, 0) is 24.3 Å². The second-order valence-corrected chi connectivity index (χ2v) is 5.24. The third-order valence-electron chi connectivity index (χ3n) is 3.17. The highest BCUT2D eigenvalue weighted by Crippen LogP contribution is 2.25. The maximum atomic E-state index is 9.09. The minimum atomic E-state index is 0.280. The smallest absolute Gasteiger partial charge is 0.0558 e. The maximum Gasteiger partial charge on any atom is 0.0558 e. The van der Waals surface area contributed by atoms with Crippen LogP contribution in [0.3, 0.4) is 0 Å². The van der Waals surface area contributed by atoms with E-state index in [2.05, 4.69) is 22.4 Å². The van der Waals surface area contributed by atoms with Crippen LogP contribution in [0.5, 0.6) is 0 Å². The lowest BCUT2D eigenvalue weighted by Crippen LogP contribution is -2.34. The Morgan fingerprint density at radius 3 is 2.80 bits per heavy atom. The SMILES string of the molecule is OCCN(Cc1cccs1)C1CCCC1. The zero-order valence-corrected chi connectivity index (χ0v) is 9.88. The summed E-state index contributed by atoms with van der Waals surface area (Å²) in [6, 6.07) is 5.00. The van der Waals surface area contributed by atoms with Crippen molar-refractivity contribution >= 4 is 11.3 Å². The van der Waals surface area contributed by atoms with Gasteiger partial charge in [-0.15, -0.1) is 11.3 Å². The van der Waals surface area contributed by atoms with E-state index in [1.165, 1.54) is 30.6 Å². The molecule has 0 aromatic carbocycles. The first-order valence-corrected chi connectivity index (χ1v) is 6.65. The van der Waals surface area contributed by atoms with E-state index in [9.17, 15) is 0 Å². The van der Waals surface area contributed by atoms with E-state index < -0.39 is 0 Å². The Kier molecular flexibility index (Phi) is 4.18. The second kappa shape index (κ2) is 5.64. The summed E-state index contributed by atoms with van der Waals surface area (Å²) in [5.41, 5.74) is 0. The summed E-state index contributed by atoms with van der Waals surface area (Å²) >= 11 is 1.81. The first-order valence-electron chi connectivity index (χ1n) is 5.77. The number of thiophene rings is 1. The summed E-state index contributed by atoms with van der Waals surface area (Å²) in [7, 11) is 0. The van der Waals surface area contributed by atoms with Crippen molar-refractivity contribution in [3.63, 3.8) is 0 Å². The van der Waals surface area contributed by atoms with Crippen LogP contribution >= 0.6 is 11.3 Å². The molecule has 1 aromatic rings. The first-order chi connectivity index (χ1) is 7.40. The molecule has 1 N–H and O–H groups in total. The highest BCUT2D eigenvalue weighted by molar-refractivity contribution is 7.09. The van der Waals surface area contributed by atoms with Gasteiger partial charge in [0, 0.05) is 24.0 Å². The molecule has 0 aliphatic heterocycles. The molecule has 1 heterocycles. The molecule has 1 fully saturated rings. The van der Waals surface area contributed by atoms with Crippen molar-refractivity contribution in [1.82, 2.24) is 4.90 Å². The summed E-state index contributed by atoms with van der Waals surface area (Å²) in [5, 5.41) is 11.2. The van der Waals surface area contributed by atoms with E-state index in [1.54, 1.807) is 0 Å². The van der Waals surface area contributed by atoms with E-state index in [1.807, 2.05) is 11.3 Å². The monoisotopic (exact) mass is 225 g/mol. The molecule has 1 aliphatic rings. The van der Waals surface area contributed by atoms with Crippen molar-refractivity contribution < 1.29 is 5.11 Å². The predicted molar refractivity (Wildman–Crippen MR) is 64.1 cm³/mol. The topological polar surface area (TPSA) is 23.5 Å². The fourth-order valence-electron chi connectivity index (χ4n) is 2.39. The van der Waals surface area contributed by atoms with Crippen LogP contribution in [-0.4, -0.2) is 29.2 Å². The van der Waals surface area contributed by atoms with E-state index in [0.717, 1.165) is 13.1 Å². The van der Waals surface area contributed by atoms with Crippen LogP contribution < -0.4 is 0 Å². The summed E-state index contributed by atoms with van der Waals surface area (Å²) < 4.78 is 0. The van der Waals surface area contributed by atoms with E-state index in [4.69, 9.17) is 5.11 Å². The normalized spacial score (nSPS) is 17.7. The molecule has 0 spiro atoms. The van der Waals surface area contributed by atoms with Crippen molar-refractivity contribution in [2.45, 2.75) is 38.3 Å². The van der Waals surface area contributed by atoms with Crippen LogP contribution in [0.25, 0.3) is 0 Å². The number of aliphatic hydroxyl groups is 1. The predicted octanol–water partition coefficient (Wildman–Crippen LogP) is 2.49.